The lowest BCUT2D eigenvalue weighted by atomic mass is 9.87. The number of nitrogens with one attached hydrogen (secondary N) is 1. The van der Waals surface area contributed by atoms with Crippen LogP contribution in [0.5, 0.6) is 5.75 Å². The van der Waals surface area contributed by atoms with Crippen molar-refractivity contribution in [3.8, 4) is 5.75 Å². The van der Waals surface area contributed by atoms with E-state index in [0.717, 1.165) is 29.4 Å². The van der Waals surface area contributed by atoms with Crippen LogP contribution < -0.4 is 10.1 Å². The summed E-state index contributed by atoms with van der Waals surface area (Å²) in [5.41, 5.74) is 1.61. The Hall–Kier alpha value is -2.01. The average Bonchev–Trinajstić information content (AvgIpc) is 2.53. The maximum atomic E-state index is 13.3. The third-order valence-corrected chi connectivity index (χ3v) is 4.06. The molecule has 0 amide bonds. The summed E-state index contributed by atoms with van der Waals surface area (Å²) in [7, 11) is 0. The molecule has 0 bridgehead atoms. The van der Waals surface area contributed by atoms with Gasteiger partial charge < -0.3 is 10.1 Å². The first-order chi connectivity index (χ1) is 11.0. The summed E-state index contributed by atoms with van der Waals surface area (Å²) < 4.78 is 45.4. The molecule has 0 aromatic heterocycles. The van der Waals surface area contributed by atoms with E-state index in [1.165, 1.54) is 6.07 Å². The number of halogens is 3. The largest absolute Gasteiger partial charge is 0.494 e. The number of rotatable bonds is 3. The highest BCUT2D eigenvalue weighted by Gasteiger charge is 2.36. The van der Waals surface area contributed by atoms with Crippen molar-refractivity contribution in [1.29, 1.82) is 0 Å². The molecular weight excluding hydrogens is 303 g/mol. The zero-order valence-corrected chi connectivity index (χ0v) is 12.8. The van der Waals surface area contributed by atoms with Gasteiger partial charge in [-0.3, -0.25) is 0 Å². The van der Waals surface area contributed by atoms with E-state index >= 15 is 0 Å². The fourth-order valence-electron chi connectivity index (χ4n) is 3.08. The number of alkyl halides is 3. The minimum atomic E-state index is -4.36. The third kappa shape index (κ3) is 3.20. The fraction of sp³-hybridized carbons (Fsp3) is 0.333. The lowest BCUT2D eigenvalue weighted by Crippen LogP contribution is -2.32. The van der Waals surface area contributed by atoms with Crippen molar-refractivity contribution in [3.63, 3.8) is 0 Å². The van der Waals surface area contributed by atoms with Crippen LogP contribution in [0.25, 0.3) is 0 Å². The maximum absolute atomic E-state index is 13.3. The van der Waals surface area contributed by atoms with E-state index in [4.69, 9.17) is 4.74 Å². The molecule has 1 unspecified atom stereocenters. The second-order valence-electron chi connectivity index (χ2n) is 5.52. The topological polar surface area (TPSA) is 21.3 Å². The smallest absolute Gasteiger partial charge is 0.416 e. The van der Waals surface area contributed by atoms with Crippen LogP contribution in [0.4, 0.5) is 13.2 Å². The van der Waals surface area contributed by atoms with E-state index < -0.39 is 17.8 Å². The molecule has 1 aliphatic heterocycles. The van der Waals surface area contributed by atoms with Crippen LogP contribution in [0, 0.1) is 0 Å². The molecule has 2 aromatic rings. The lowest BCUT2D eigenvalue weighted by molar-refractivity contribution is -0.138. The lowest BCUT2D eigenvalue weighted by Gasteiger charge is -2.29. The second-order valence-corrected chi connectivity index (χ2v) is 5.52. The van der Waals surface area contributed by atoms with Gasteiger partial charge in [-0.15, -0.1) is 0 Å². The molecule has 1 atom stereocenters. The maximum Gasteiger partial charge on any atom is 0.416 e. The summed E-state index contributed by atoms with van der Waals surface area (Å²) in [4.78, 5) is 0. The number of ether oxygens (including phenoxy) is 1. The predicted octanol–water partition coefficient (Wildman–Crippen LogP) is 4.34. The fourth-order valence-corrected chi connectivity index (χ4v) is 3.08. The van der Waals surface area contributed by atoms with Gasteiger partial charge in [-0.05, 0) is 48.2 Å². The molecule has 0 fully saturated rings. The minimum Gasteiger partial charge on any atom is -0.494 e. The monoisotopic (exact) mass is 321 g/mol. The highest BCUT2D eigenvalue weighted by atomic mass is 19.4. The van der Waals surface area contributed by atoms with Crippen molar-refractivity contribution in [2.24, 2.45) is 0 Å². The zero-order valence-electron chi connectivity index (χ0n) is 12.8. The van der Waals surface area contributed by atoms with Gasteiger partial charge >= 0.3 is 6.18 Å². The molecule has 0 saturated heterocycles. The van der Waals surface area contributed by atoms with E-state index in [1.807, 2.05) is 25.1 Å². The normalized spacial score (nSPS) is 17.7. The van der Waals surface area contributed by atoms with E-state index in [2.05, 4.69) is 5.32 Å². The quantitative estimate of drug-likeness (QED) is 0.908. The zero-order chi connectivity index (χ0) is 16.4. The Morgan fingerprint density at radius 3 is 2.65 bits per heavy atom. The molecule has 0 radical (unpaired) electrons. The summed E-state index contributed by atoms with van der Waals surface area (Å²) in [6.45, 7) is 3.11. The minimum absolute atomic E-state index is 0.269. The van der Waals surface area contributed by atoms with Crippen LogP contribution in [-0.2, 0) is 12.6 Å². The van der Waals surface area contributed by atoms with E-state index in [0.29, 0.717) is 13.2 Å². The SMILES string of the molecule is CCOc1ccc2c(c1)CCNC2c1ccccc1C(F)(F)F. The first kappa shape index (κ1) is 15.9. The second kappa shape index (κ2) is 6.24. The van der Waals surface area contributed by atoms with Crippen LogP contribution >= 0.6 is 0 Å². The predicted molar refractivity (Wildman–Crippen MR) is 82.6 cm³/mol. The Balaban J connectivity index is 2.05. The molecule has 0 saturated carbocycles. The average molecular weight is 321 g/mol. The summed E-state index contributed by atoms with van der Waals surface area (Å²) in [6, 6.07) is 10.9. The van der Waals surface area contributed by atoms with Gasteiger partial charge in [-0.2, -0.15) is 13.2 Å². The Bertz CT molecular complexity index is 697. The highest BCUT2D eigenvalue weighted by molar-refractivity contribution is 5.46. The molecule has 1 aliphatic rings. The third-order valence-electron chi connectivity index (χ3n) is 4.06. The highest BCUT2D eigenvalue weighted by Crippen LogP contribution is 2.38. The number of benzene rings is 2. The van der Waals surface area contributed by atoms with Crippen LogP contribution in [0.15, 0.2) is 42.5 Å². The molecule has 1 heterocycles. The number of hydrogen-bond donors (Lipinski definition) is 1. The summed E-state index contributed by atoms with van der Waals surface area (Å²) in [5.74, 6) is 0.760. The summed E-state index contributed by atoms with van der Waals surface area (Å²) in [5, 5.41) is 3.21. The van der Waals surface area contributed by atoms with Crippen molar-refractivity contribution in [2.75, 3.05) is 13.2 Å². The van der Waals surface area contributed by atoms with Crippen LogP contribution in [0.2, 0.25) is 0 Å². The van der Waals surface area contributed by atoms with Gasteiger partial charge in [0.2, 0.25) is 0 Å². The number of fused-ring (bicyclic) bond motifs is 1. The van der Waals surface area contributed by atoms with E-state index in [-0.39, 0.29) is 5.56 Å². The van der Waals surface area contributed by atoms with E-state index in [1.54, 1.807) is 12.1 Å². The Kier molecular flexibility index (Phi) is 4.31. The number of hydrogen-bond acceptors (Lipinski definition) is 2. The molecule has 3 rings (SSSR count). The van der Waals surface area contributed by atoms with Gasteiger partial charge in [-0.1, -0.05) is 24.3 Å². The molecule has 5 heteroatoms. The van der Waals surface area contributed by atoms with Gasteiger partial charge in [0.05, 0.1) is 18.2 Å². The standard InChI is InChI=1S/C18H18F3NO/c1-2-23-13-7-8-14-12(11-13)9-10-22-17(14)15-5-3-4-6-16(15)18(19,20)21/h3-8,11,17,22H,2,9-10H2,1H3. The molecule has 0 spiro atoms. The molecular formula is C18H18F3NO. The Morgan fingerprint density at radius 2 is 1.91 bits per heavy atom. The van der Waals surface area contributed by atoms with Crippen molar-refractivity contribution in [1.82, 2.24) is 5.32 Å². The van der Waals surface area contributed by atoms with Crippen LogP contribution in [0.3, 0.4) is 0 Å². The molecule has 2 nitrogen and oxygen atoms in total. The molecule has 23 heavy (non-hydrogen) atoms. The van der Waals surface area contributed by atoms with Crippen molar-refractivity contribution < 1.29 is 17.9 Å². The van der Waals surface area contributed by atoms with Gasteiger partial charge in [0.1, 0.15) is 5.75 Å². The van der Waals surface area contributed by atoms with Gasteiger partial charge in [0.25, 0.3) is 0 Å². The summed E-state index contributed by atoms with van der Waals surface area (Å²) in [6.07, 6.45) is -3.58. The molecule has 122 valence electrons. The van der Waals surface area contributed by atoms with Gasteiger partial charge in [0, 0.05) is 6.54 Å². The van der Waals surface area contributed by atoms with Crippen molar-refractivity contribution >= 4 is 0 Å². The molecule has 0 aliphatic carbocycles. The van der Waals surface area contributed by atoms with Gasteiger partial charge in [0.15, 0.2) is 0 Å². The summed E-state index contributed by atoms with van der Waals surface area (Å²) >= 11 is 0. The van der Waals surface area contributed by atoms with Crippen molar-refractivity contribution in [3.05, 3.63) is 64.7 Å². The Morgan fingerprint density at radius 1 is 1.13 bits per heavy atom. The van der Waals surface area contributed by atoms with E-state index in [9.17, 15) is 13.2 Å². The molecule has 1 N–H and O–H groups in total. The van der Waals surface area contributed by atoms with Crippen LogP contribution in [0.1, 0.15) is 35.2 Å². The Labute approximate surface area is 133 Å². The first-order valence-corrected chi connectivity index (χ1v) is 7.66. The molecule has 2 aromatic carbocycles. The first-order valence-electron chi connectivity index (χ1n) is 7.66. The van der Waals surface area contributed by atoms with Crippen LogP contribution in [-0.4, -0.2) is 13.2 Å². The van der Waals surface area contributed by atoms with Crippen molar-refractivity contribution in [2.45, 2.75) is 25.6 Å². The van der Waals surface area contributed by atoms with Gasteiger partial charge in [-0.25, -0.2) is 0 Å².